The van der Waals surface area contributed by atoms with Crippen LogP contribution in [0.25, 0.3) is 0 Å². The molecule has 0 amide bonds. The molecule has 1 atom stereocenters. The number of nitrogens with one attached hydrogen (secondary N) is 1. The van der Waals surface area contributed by atoms with Crippen LogP contribution in [0.2, 0.25) is 0 Å². The summed E-state index contributed by atoms with van der Waals surface area (Å²) in [6.45, 7) is 1.60. The summed E-state index contributed by atoms with van der Waals surface area (Å²) in [7, 11) is -3.87. The van der Waals surface area contributed by atoms with E-state index in [4.69, 9.17) is 5.11 Å². The van der Waals surface area contributed by atoms with Crippen LogP contribution in [-0.4, -0.2) is 37.2 Å². The average Bonchev–Trinajstić information content (AvgIpc) is 2.36. The van der Waals surface area contributed by atoms with Crippen LogP contribution in [0.4, 0.5) is 0 Å². The van der Waals surface area contributed by atoms with Crippen LogP contribution in [0.5, 0.6) is 0 Å². The first-order chi connectivity index (χ1) is 8.77. The summed E-state index contributed by atoms with van der Waals surface area (Å²) in [5.41, 5.74) is -0.125. The number of rotatable bonds is 6. The number of carboxylic acids is 1. The lowest BCUT2D eigenvalue weighted by atomic mass is 10.2. The maximum absolute atomic E-state index is 12.0. The van der Waals surface area contributed by atoms with Crippen LogP contribution < -0.4 is 4.72 Å². The van der Waals surface area contributed by atoms with Gasteiger partial charge in [0.2, 0.25) is 10.0 Å². The fraction of sp³-hybridized carbons (Fsp3) is 0.364. The molecule has 1 aromatic rings. The van der Waals surface area contributed by atoms with Gasteiger partial charge in [0, 0.05) is 11.0 Å². The van der Waals surface area contributed by atoms with Crippen LogP contribution in [0.3, 0.4) is 0 Å². The number of hydrogen-bond donors (Lipinski definition) is 3. The smallest absolute Gasteiger partial charge is 0.335 e. The average molecular weight is 352 g/mol. The minimum atomic E-state index is -3.87. The molecular formula is C11H14BrNO5S. The van der Waals surface area contributed by atoms with E-state index in [9.17, 15) is 18.3 Å². The molecule has 1 aromatic carbocycles. The number of sulfonamides is 1. The van der Waals surface area contributed by atoms with Crippen molar-refractivity contribution in [2.24, 2.45) is 0 Å². The second-order valence-corrected chi connectivity index (χ2v) is 6.45. The quantitative estimate of drug-likeness (QED) is 0.714. The SMILES string of the molecule is CCC(O)CNS(=O)(=O)c1cc(C(=O)O)ccc1Br. The Hall–Kier alpha value is -0.960. The summed E-state index contributed by atoms with van der Waals surface area (Å²) in [4.78, 5) is 10.7. The molecule has 1 unspecified atom stereocenters. The topological polar surface area (TPSA) is 104 Å². The first kappa shape index (κ1) is 16.1. The molecule has 0 aliphatic rings. The zero-order valence-electron chi connectivity index (χ0n) is 10.1. The first-order valence-electron chi connectivity index (χ1n) is 5.48. The fourth-order valence-corrected chi connectivity index (χ4v) is 3.33. The van der Waals surface area contributed by atoms with E-state index < -0.39 is 22.1 Å². The van der Waals surface area contributed by atoms with Crippen molar-refractivity contribution in [2.75, 3.05) is 6.54 Å². The van der Waals surface area contributed by atoms with Crippen LogP contribution in [0.1, 0.15) is 23.7 Å². The molecule has 0 fully saturated rings. The van der Waals surface area contributed by atoms with E-state index in [0.717, 1.165) is 6.07 Å². The van der Waals surface area contributed by atoms with Crippen molar-refractivity contribution in [2.45, 2.75) is 24.3 Å². The zero-order valence-corrected chi connectivity index (χ0v) is 12.5. The molecule has 0 aliphatic carbocycles. The number of aromatic carboxylic acids is 1. The van der Waals surface area contributed by atoms with Gasteiger partial charge >= 0.3 is 5.97 Å². The van der Waals surface area contributed by atoms with Crippen molar-refractivity contribution in [3.8, 4) is 0 Å². The van der Waals surface area contributed by atoms with Crippen molar-refractivity contribution in [3.05, 3.63) is 28.2 Å². The van der Waals surface area contributed by atoms with Gasteiger partial charge in [-0.2, -0.15) is 0 Å². The molecular weight excluding hydrogens is 338 g/mol. The van der Waals surface area contributed by atoms with Crippen molar-refractivity contribution in [1.29, 1.82) is 0 Å². The van der Waals surface area contributed by atoms with Gasteiger partial charge < -0.3 is 10.2 Å². The number of carboxylic acid groups (broad SMARTS) is 1. The van der Waals surface area contributed by atoms with Gasteiger partial charge in [-0.05, 0) is 40.5 Å². The standard InChI is InChI=1S/C11H14BrNO5S/c1-2-8(14)6-13-19(17,18)10-5-7(11(15)16)3-4-9(10)12/h3-5,8,13-14H,2,6H2,1H3,(H,15,16). The van der Waals surface area contributed by atoms with E-state index in [1.165, 1.54) is 12.1 Å². The molecule has 0 aromatic heterocycles. The molecule has 0 spiro atoms. The fourth-order valence-electron chi connectivity index (χ4n) is 1.27. The molecule has 0 radical (unpaired) electrons. The van der Waals surface area contributed by atoms with Crippen molar-refractivity contribution < 1.29 is 23.4 Å². The third-order valence-corrected chi connectivity index (χ3v) is 4.87. The molecule has 6 nitrogen and oxygen atoms in total. The van der Waals surface area contributed by atoms with Gasteiger partial charge in [-0.1, -0.05) is 6.92 Å². The Labute approximate surface area is 119 Å². The van der Waals surface area contributed by atoms with E-state index in [0.29, 0.717) is 6.42 Å². The molecule has 106 valence electrons. The van der Waals surface area contributed by atoms with Gasteiger partial charge in [0.1, 0.15) is 0 Å². The maximum Gasteiger partial charge on any atom is 0.335 e. The Morgan fingerprint density at radius 2 is 2.11 bits per heavy atom. The van der Waals surface area contributed by atoms with Crippen molar-refractivity contribution >= 4 is 31.9 Å². The summed E-state index contributed by atoms with van der Waals surface area (Å²) in [6, 6.07) is 3.72. The molecule has 3 N–H and O–H groups in total. The van der Waals surface area contributed by atoms with Crippen LogP contribution in [-0.2, 0) is 10.0 Å². The Morgan fingerprint density at radius 3 is 2.63 bits per heavy atom. The predicted octanol–water partition coefficient (Wildman–Crippen LogP) is 1.20. The highest BCUT2D eigenvalue weighted by Crippen LogP contribution is 2.23. The van der Waals surface area contributed by atoms with E-state index in [-0.39, 0.29) is 21.5 Å². The van der Waals surface area contributed by atoms with Crippen molar-refractivity contribution in [1.82, 2.24) is 4.72 Å². The lowest BCUT2D eigenvalue weighted by Crippen LogP contribution is -2.32. The first-order valence-corrected chi connectivity index (χ1v) is 7.76. The van der Waals surface area contributed by atoms with Gasteiger partial charge in [0.15, 0.2) is 0 Å². The third kappa shape index (κ3) is 4.27. The van der Waals surface area contributed by atoms with E-state index in [1.807, 2.05) is 0 Å². The van der Waals surface area contributed by atoms with Crippen LogP contribution >= 0.6 is 15.9 Å². The van der Waals surface area contributed by atoms with E-state index >= 15 is 0 Å². The number of hydrogen-bond acceptors (Lipinski definition) is 4. The molecule has 8 heteroatoms. The summed E-state index contributed by atoms with van der Waals surface area (Å²) in [5.74, 6) is -1.21. The maximum atomic E-state index is 12.0. The summed E-state index contributed by atoms with van der Waals surface area (Å²) in [5, 5.41) is 18.2. The molecule has 1 rings (SSSR count). The zero-order chi connectivity index (χ0) is 14.6. The van der Waals surface area contributed by atoms with Gasteiger partial charge in [-0.15, -0.1) is 0 Å². The minimum absolute atomic E-state index is 0.122. The van der Waals surface area contributed by atoms with Gasteiger partial charge in [-0.25, -0.2) is 17.9 Å². The summed E-state index contributed by atoms with van der Waals surface area (Å²) in [6.07, 6.45) is -0.366. The lowest BCUT2D eigenvalue weighted by Gasteiger charge is -2.11. The van der Waals surface area contributed by atoms with Gasteiger partial charge in [-0.3, -0.25) is 0 Å². The van der Waals surface area contributed by atoms with Crippen LogP contribution in [0.15, 0.2) is 27.6 Å². The van der Waals surface area contributed by atoms with Gasteiger partial charge in [0.25, 0.3) is 0 Å². The number of aliphatic hydroxyl groups is 1. The number of benzene rings is 1. The summed E-state index contributed by atoms with van der Waals surface area (Å²) >= 11 is 3.06. The summed E-state index contributed by atoms with van der Waals surface area (Å²) < 4.78 is 26.5. The number of aliphatic hydroxyl groups excluding tert-OH is 1. The Morgan fingerprint density at radius 1 is 1.47 bits per heavy atom. The molecule has 0 saturated heterocycles. The highest BCUT2D eigenvalue weighted by atomic mass is 79.9. The Bertz CT molecular complexity index is 572. The number of carbonyl (C=O) groups is 1. The minimum Gasteiger partial charge on any atom is -0.478 e. The Balaban J connectivity index is 3.06. The third-order valence-electron chi connectivity index (χ3n) is 2.45. The normalized spacial score (nSPS) is 13.2. The predicted molar refractivity (Wildman–Crippen MR) is 72.6 cm³/mol. The highest BCUT2D eigenvalue weighted by molar-refractivity contribution is 9.10. The largest absolute Gasteiger partial charge is 0.478 e. The molecule has 19 heavy (non-hydrogen) atoms. The molecule has 0 bridgehead atoms. The second-order valence-electron chi connectivity index (χ2n) is 3.86. The molecule has 0 aliphatic heterocycles. The Kier molecular flexibility index (Phi) is 5.48. The molecule has 0 saturated carbocycles. The van der Waals surface area contributed by atoms with E-state index in [1.54, 1.807) is 6.92 Å². The van der Waals surface area contributed by atoms with Gasteiger partial charge in [0.05, 0.1) is 16.6 Å². The molecule has 0 heterocycles. The number of halogens is 1. The van der Waals surface area contributed by atoms with Crippen LogP contribution in [0, 0.1) is 0 Å². The van der Waals surface area contributed by atoms with Crippen molar-refractivity contribution in [3.63, 3.8) is 0 Å². The second kappa shape index (κ2) is 6.47. The lowest BCUT2D eigenvalue weighted by molar-refractivity contribution is 0.0696. The highest BCUT2D eigenvalue weighted by Gasteiger charge is 2.20. The van der Waals surface area contributed by atoms with E-state index in [2.05, 4.69) is 20.7 Å². The monoisotopic (exact) mass is 351 g/mol.